The van der Waals surface area contributed by atoms with E-state index in [0.717, 1.165) is 0 Å². The largest absolute Gasteiger partial charge is 0.394 e. The van der Waals surface area contributed by atoms with Gasteiger partial charge in [-0.2, -0.15) is 0 Å². The van der Waals surface area contributed by atoms with Gasteiger partial charge in [-0.05, 0) is 0 Å². The predicted octanol–water partition coefficient (Wildman–Crippen LogP) is -4.78. The van der Waals surface area contributed by atoms with Crippen LogP contribution in [0.5, 0.6) is 0 Å². The van der Waals surface area contributed by atoms with E-state index >= 15 is 0 Å². The first-order valence-corrected chi connectivity index (χ1v) is 6.97. The van der Waals surface area contributed by atoms with Gasteiger partial charge in [0.05, 0.1) is 6.61 Å². The fourth-order valence-electron chi connectivity index (χ4n) is 2.58. The Bertz CT molecular complexity index is 393. The second kappa shape index (κ2) is 7.21. The third-order valence-corrected chi connectivity index (χ3v) is 3.98. The standard InChI is InChI=1S/C12H22O11/c1-20-10-7(17)6(16)8(18)11(21-10)23-12(3-14)9(19)5(15)4(2-13)22-12/h4-11,13-19H,2-3H2,1H3. The molecule has 0 aromatic carbocycles. The molecule has 0 amide bonds. The number of methoxy groups -OCH3 is 1. The molecule has 0 radical (unpaired) electrons. The van der Waals surface area contributed by atoms with Crippen LogP contribution in [0.25, 0.3) is 0 Å². The molecule has 11 nitrogen and oxygen atoms in total. The molecule has 9 unspecified atom stereocenters. The number of ether oxygens (including phenoxy) is 4. The van der Waals surface area contributed by atoms with Gasteiger partial charge >= 0.3 is 0 Å². The molecule has 2 aliphatic rings. The zero-order valence-corrected chi connectivity index (χ0v) is 12.3. The normalized spacial score (nSPS) is 51.1. The van der Waals surface area contributed by atoms with Crippen LogP contribution in [0, 0.1) is 0 Å². The van der Waals surface area contributed by atoms with E-state index in [1.807, 2.05) is 0 Å². The topological polar surface area (TPSA) is 179 Å². The molecular formula is C12H22O11. The lowest BCUT2D eigenvalue weighted by Crippen LogP contribution is -2.62. The summed E-state index contributed by atoms with van der Waals surface area (Å²) >= 11 is 0. The maximum Gasteiger partial charge on any atom is 0.224 e. The zero-order valence-electron chi connectivity index (χ0n) is 12.3. The number of hydrogen-bond donors (Lipinski definition) is 7. The summed E-state index contributed by atoms with van der Waals surface area (Å²) in [6.45, 7) is -1.59. The van der Waals surface area contributed by atoms with E-state index in [2.05, 4.69) is 0 Å². The first-order valence-electron chi connectivity index (χ1n) is 6.97. The van der Waals surface area contributed by atoms with Crippen molar-refractivity contribution >= 4 is 0 Å². The molecule has 0 spiro atoms. The summed E-state index contributed by atoms with van der Waals surface area (Å²) in [6, 6.07) is 0. The highest BCUT2D eigenvalue weighted by molar-refractivity contribution is 4.98. The van der Waals surface area contributed by atoms with Crippen LogP contribution in [0.15, 0.2) is 0 Å². The third kappa shape index (κ3) is 3.23. The summed E-state index contributed by atoms with van der Waals surface area (Å²) in [5.41, 5.74) is 0. The van der Waals surface area contributed by atoms with Gasteiger partial charge in [-0.15, -0.1) is 0 Å². The summed E-state index contributed by atoms with van der Waals surface area (Å²) in [7, 11) is 1.18. The van der Waals surface area contributed by atoms with Crippen molar-refractivity contribution < 1.29 is 54.7 Å². The van der Waals surface area contributed by atoms with Crippen molar-refractivity contribution in [1.29, 1.82) is 0 Å². The molecule has 2 aliphatic heterocycles. The van der Waals surface area contributed by atoms with E-state index in [1.165, 1.54) is 7.11 Å². The monoisotopic (exact) mass is 342 g/mol. The molecule has 0 aliphatic carbocycles. The summed E-state index contributed by atoms with van der Waals surface area (Å²) in [5.74, 6) is -2.20. The highest BCUT2D eigenvalue weighted by atomic mass is 16.8. The molecule has 11 heteroatoms. The van der Waals surface area contributed by atoms with Crippen LogP contribution in [-0.2, 0) is 18.9 Å². The molecule has 0 bridgehead atoms. The Morgan fingerprint density at radius 3 is 2.00 bits per heavy atom. The van der Waals surface area contributed by atoms with Gasteiger partial charge in [0.1, 0.15) is 43.2 Å². The Morgan fingerprint density at radius 1 is 0.913 bits per heavy atom. The van der Waals surface area contributed by atoms with Gasteiger partial charge in [0.15, 0.2) is 12.6 Å². The van der Waals surface area contributed by atoms with E-state index in [4.69, 9.17) is 24.1 Å². The van der Waals surface area contributed by atoms with Crippen molar-refractivity contribution in [3.63, 3.8) is 0 Å². The van der Waals surface area contributed by atoms with Crippen molar-refractivity contribution in [1.82, 2.24) is 0 Å². The van der Waals surface area contributed by atoms with E-state index in [0.29, 0.717) is 0 Å². The maximum absolute atomic E-state index is 10.0. The number of hydrogen-bond acceptors (Lipinski definition) is 11. The first kappa shape index (κ1) is 18.9. The summed E-state index contributed by atoms with van der Waals surface area (Å²) in [4.78, 5) is 0. The Morgan fingerprint density at radius 2 is 1.52 bits per heavy atom. The Labute approximate surface area is 131 Å². The number of rotatable bonds is 5. The Kier molecular flexibility index (Phi) is 5.92. The van der Waals surface area contributed by atoms with Crippen molar-refractivity contribution in [2.45, 2.75) is 55.0 Å². The predicted molar refractivity (Wildman–Crippen MR) is 68.6 cm³/mol. The smallest absolute Gasteiger partial charge is 0.224 e. The minimum Gasteiger partial charge on any atom is -0.394 e. The van der Waals surface area contributed by atoms with E-state index in [1.54, 1.807) is 0 Å². The molecule has 2 rings (SSSR count). The van der Waals surface area contributed by atoms with E-state index in [-0.39, 0.29) is 0 Å². The van der Waals surface area contributed by atoms with Crippen molar-refractivity contribution in [3.8, 4) is 0 Å². The molecule has 23 heavy (non-hydrogen) atoms. The molecule has 0 aromatic rings. The van der Waals surface area contributed by atoms with Crippen molar-refractivity contribution in [2.24, 2.45) is 0 Å². The SMILES string of the molecule is COC1OC(OC2(CO)OC(CO)C(O)C2O)C(O)C(O)C1O. The van der Waals surface area contributed by atoms with Crippen LogP contribution in [0.1, 0.15) is 0 Å². The molecular weight excluding hydrogens is 320 g/mol. The van der Waals surface area contributed by atoms with Gasteiger partial charge in [-0.3, -0.25) is 0 Å². The van der Waals surface area contributed by atoms with Gasteiger partial charge < -0.3 is 54.7 Å². The lowest BCUT2D eigenvalue weighted by molar-refractivity contribution is -0.404. The molecule has 2 saturated heterocycles. The minimum absolute atomic E-state index is 0.653. The molecule has 9 atom stereocenters. The van der Waals surface area contributed by atoms with Crippen LogP contribution in [0.3, 0.4) is 0 Å². The third-order valence-electron chi connectivity index (χ3n) is 3.98. The number of aliphatic hydroxyl groups is 7. The minimum atomic E-state index is -2.20. The van der Waals surface area contributed by atoms with Crippen LogP contribution >= 0.6 is 0 Å². The molecule has 2 heterocycles. The quantitative estimate of drug-likeness (QED) is 0.255. The second-order valence-electron chi connectivity index (χ2n) is 5.44. The van der Waals surface area contributed by atoms with Crippen LogP contribution in [-0.4, -0.2) is 111 Å². The van der Waals surface area contributed by atoms with Crippen LogP contribution < -0.4 is 0 Å². The van der Waals surface area contributed by atoms with Crippen molar-refractivity contribution in [3.05, 3.63) is 0 Å². The summed E-state index contributed by atoms with van der Waals surface area (Å²) < 4.78 is 20.3. The first-order chi connectivity index (χ1) is 10.8. The fourth-order valence-corrected chi connectivity index (χ4v) is 2.58. The Balaban J connectivity index is 2.18. The van der Waals surface area contributed by atoms with Gasteiger partial charge in [-0.25, -0.2) is 0 Å². The van der Waals surface area contributed by atoms with Gasteiger partial charge in [0.2, 0.25) is 5.79 Å². The maximum atomic E-state index is 10.0. The van der Waals surface area contributed by atoms with Gasteiger partial charge in [0.25, 0.3) is 0 Å². The number of aliphatic hydroxyl groups excluding tert-OH is 7. The molecule has 0 aromatic heterocycles. The van der Waals surface area contributed by atoms with Gasteiger partial charge in [0, 0.05) is 7.11 Å². The molecule has 2 fully saturated rings. The van der Waals surface area contributed by atoms with Crippen molar-refractivity contribution in [2.75, 3.05) is 20.3 Å². The van der Waals surface area contributed by atoms with Crippen LogP contribution in [0.2, 0.25) is 0 Å². The molecule has 7 N–H and O–H groups in total. The average molecular weight is 342 g/mol. The zero-order chi connectivity index (χ0) is 17.4. The highest BCUT2D eigenvalue weighted by Crippen LogP contribution is 2.35. The Hall–Kier alpha value is -0.440. The van der Waals surface area contributed by atoms with E-state index in [9.17, 15) is 30.6 Å². The fraction of sp³-hybridized carbons (Fsp3) is 1.00. The summed E-state index contributed by atoms with van der Waals surface area (Å²) in [5, 5.41) is 67.7. The van der Waals surface area contributed by atoms with E-state index < -0.39 is 68.2 Å². The average Bonchev–Trinajstić information content (AvgIpc) is 2.80. The lowest BCUT2D eigenvalue weighted by Gasteiger charge is -2.43. The highest BCUT2D eigenvalue weighted by Gasteiger charge is 2.58. The summed E-state index contributed by atoms with van der Waals surface area (Å²) in [6.07, 6.45) is -12.5. The molecule has 136 valence electrons. The second-order valence-corrected chi connectivity index (χ2v) is 5.44. The molecule has 0 saturated carbocycles. The van der Waals surface area contributed by atoms with Crippen LogP contribution in [0.4, 0.5) is 0 Å². The van der Waals surface area contributed by atoms with Gasteiger partial charge in [-0.1, -0.05) is 0 Å². The lowest BCUT2D eigenvalue weighted by atomic mass is 10.0.